The molecule has 1 aliphatic heterocycles. The van der Waals surface area contributed by atoms with Gasteiger partial charge in [-0.1, -0.05) is 20.8 Å². The molecule has 0 aliphatic carbocycles. The summed E-state index contributed by atoms with van der Waals surface area (Å²) in [6.45, 7) is 7.68. The highest BCUT2D eigenvalue weighted by atomic mass is 16.2. The third kappa shape index (κ3) is 4.29. The Bertz CT molecular complexity index is 310. The molecule has 0 aromatic carbocycles. The smallest absolute Gasteiger partial charge is 0.242 e. The second-order valence-electron chi connectivity index (χ2n) is 6.06. The topological polar surface area (TPSA) is 75.4 Å². The Kier molecular flexibility index (Phi) is 5.14. The first-order valence-corrected chi connectivity index (χ1v) is 6.62. The molecule has 18 heavy (non-hydrogen) atoms. The first kappa shape index (κ1) is 15.0. The van der Waals surface area contributed by atoms with Crippen LogP contribution in [0.25, 0.3) is 0 Å². The SMILES string of the molecule is CC(C)(C)CC(=O)N1CCCC1C(=O)NCCN. The van der Waals surface area contributed by atoms with Crippen LogP contribution in [0.5, 0.6) is 0 Å². The van der Waals surface area contributed by atoms with Crippen molar-refractivity contribution in [1.29, 1.82) is 0 Å². The second kappa shape index (κ2) is 6.18. The van der Waals surface area contributed by atoms with Gasteiger partial charge in [0.1, 0.15) is 6.04 Å². The number of rotatable bonds is 4. The molecule has 0 aromatic heterocycles. The van der Waals surface area contributed by atoms with Gasteiger partial charge in [0.05, 0.1) is 0 Å². The maximum absolute atomic E-state index is 12.2. The lowest BCUT2D eigenvalue weighted by Gasteiger charge is -2.27. The molecule has 0 spiro atoms. The molecule has 1 atom stereocenters. The molecule has 0 aromatic rings. The van der Waals surface area contributed by atoms with E-state index in [9.17, 15) is 9.59 Å². The van der Waals surface area contributed by atoms with Crippen molar-refractivity contribution in [2.24, 2.45) is 11.1 Å². The van der Waals surface area contributed by atoms with Crippen LogP contribution in [0.1, 0.15) is 40.0 Å². The van der Waals surface area contributed by atoms with E-state index in [0.717, 1.165) is 12.8 Å². The number of hydrogen-bond donors (Lipinski definition) is 2. The molecule has 2 amide bonds. The summed E-state index contributed by atoms with van der Waals surface area (Å²) in [7, 11) is 0. The summed E-state index contributed by atoms with van der Waals surface area (Å²) in [5.74, 6) is 0.00751. The van der Waals surface area contributed by atoms with Crippen molar-refractivity contribution in [1.82, 2.24) is 10.2 Å². The van der Waals surface area contributed by atoms with Gasteiger partial charge in [0.25, 0.3) is 0 Å². The molecular weight excluding hydrogens is 230 g/mol. The van der Waals surface area contributed by atoms with E-state index in [1.807, 2.05) is 20.8 Å². The number of amides is 2. The van der Waals surface area contributed by atoms with E-state index in [1.54, 1.807) is 4.90 Å². The summed E-state index contributed by atoms with van der Waals surface area (Å²) in [4.78, 5) is 25.8. The predicted octanol–water partition coefficient (Wildman–Crippen LogP) is 0.489. The number of nitrogens with zero attached hydrogens (tertiary/aromatic N) is 1. The molecule has 5 heteroatoms. The lowest BCUT2D eigenvalue weighted by Crippen LogP contribution is -2.47. The minimum absolute atomic E-state index is 0.0437. The standard InChI is InChI=1S/C13H25N3O2/c1-13(2,3)9-11(17)16-8-4-5-10(16)12(18)15-7-6-14/h10H,4-9,14H2,1-3H3,(H,15,18). The average molecular weight is 255 g/mol. The number of likely N-dealkylation sites (tertiary alicyclic amines) is 1. The maximum Gasteiger partial charge on any atom is 0.242 e. The molecule has 1 unspecified atom stereocenters. The van der Waals surface area contributed by atoms with Crippen LogP contribution in [0.3, 0.4) is 0 Å². The van der Waals surface area contributed by atoms with Gasteiger partial charge in [0, 0.05) is 26.1 Å². The van der Waals surface area contributed by atoms with E-state index in [-0.39, 0.29) is 23.3 Å². The molecule has 1 heterocycles. The van der Waals surface area contributed by atoms with Gasteiger partial charge in [-0.05, 0) is 18.3 Å². The van der Waals surface area contributed by atoms with Crippen LogP contribution in [-0.2, 0) is 9.59 Å². The van der Waals surface area contributed by atoms with E-state index in [0.29, 0.717) is 26.1 Å². The van der Waals surface area contributed by atoms with Crippen LogP contribution in [0.15, 0.2) is 0 Å². The monoisotopic (exact) mass is 255 g/mol. The molecule has 1 aliphatic rings. The van der Waals surface area contributed by atoms with E-state index >= 15 is 0 Å². The third-order valence-electron chi connectivity index (χ3n) is 3.00. The van der Waals surface area contributed by atoms with Crippen molar-refractivity contribution in [2.45, 2.75) is 46.1 Å². The van der Waals surface area contributed by atoms with Crippen LogP contribution in [0.4, 0.5) is 0 Å². The molecule has 1 rings (SSSR count). The number of carbonyl (C=O) groups excluding carboxylic acids is 2. The number of nitrogens with one attached hydrogen (secondary N) is 1. The van der Waals surface area contributed by atoms with E-state index < -0.39 is 0 Å². The molecule has 104 valence electrons. The van der Waals surface area contributed by atoms with Crippen LogP contribution in [0.2, 0.25) is 0 Å². The van der Waals surface area contributed by atoms with Crippen molar-refractivity contribution >= 4 is 11.8 Å². The van der Waals surface area contributed by atoms with Crippen LogP contribution in [-0.4, -0.2) is 42.4 Å². The fourth-order valence-corrected chi connectivity index (χ4v) is 2.21. The molecule has 3 N–H and O–H groups in total. The average Bonchev–Trinajstić information content (AvgIpc) is 2.72. The van der Waals surface area contributed by atoms with Gasteiger partial charge in [0.2, 0.25) is 11.8 Å². The summed E-state index contributed by atoms with van der Waals surface area (Å²) in [6.07, 6.45) is 2.14. The fraction of sp³-hybridized carbons (Fsp3) is 0.846. The molecule has 0 saturated carbocycles. The van der Waals surface area contributed by atoms with E-state index in [2.05, 4.69) is 5.32 Å². The minimum atomic E-state index is -0.300. The lowest BCUT2D eigenvalue weighted by atomic mass is 9.91. The summed E-state index contributed by atoms with van der Waals surface area (Å²) in [5.41, 5.74) is 5.31. The zero-order valence-electron chi connectivity index (χ0n) is 11.7. The Morgan fingerprint density at radius 3 is 2.61 bits per heavy atom. The first-order chi connectivity index (χ1) is 8.35. The summed E-state index contributed by atoms with van der Waals surface area (Å²) >= 11 is 0. The van der Waals surface area contributed by atoms with Gasteiger partial charge < -0.3 is 16.0 Å². The van der Waals surface area contributed by atoms with Crippen molar-refractivity contribution in [3.8, 4) is 0 Å². The van der Waals surface area contributed by atoms with Crippen molar-refractivity contribution in [2.75, 3.05) is 19.6 Å². The molecule has 1 saturated heterocycles. The van der Waals surface area contributed by atoms with Crippen molar-refractivity contribution in [3.63, 3.8) is 0 Å². The van der Waals surface area contributed by atoms with Gasteiger partial charge in [-0.3, -0.25) is 9.59 Å². The molecule has 0 bridgehead atoms. The number of hydrogen-bond acceptors (Lipinski definition) is 3. The zero-order chi connectivity index (χ0) is 13.8. The Morgan fingerprint density at radius 1 is 1.39 bits per heavy atom. The lowest BCUT2D eigenvalue weighted by molar-refractivity contribution is -0.139. The normalized spacial score (nSPS) is 20.0. The highest BCUT2D eigenvalue weighted by molar-refractivity contribution is 5.88. The molecule has 1 fully saturated rings. The molecular formula is C13H25N3O2. The largest absolute Gasteiger partial charge is 0.353 e. The predicted molar refractivity (Wildman–Crippen MR) is 70.9 cm³/mol. The Balaban J connectivity index is 2.59. The number of nitrogens with two attached hydrogens (primary N) is 1. The fourth-order valence-electron chi connectivity index (χ4n) is 2.21. The van der Waals surface area contributed by atoms with Crippen molar-refractivity contribution < 1.29 is 9.59 Å². The summed E-state index contributed by atoms with van der Waals surface area (Å²) in [6, 6.07) is -0.300. The quantitative estimate of drug-likeness (QED) is 0.767. The number of carbonyl (C=O) groups is 2. The van der Waals surface area contributed by atoms with E-state index in [1.165, 1.54) is 0 Å². The molecule has 5 nitrogen and oxygen atoms in total. The van der Waals surface area contributed by atoms with Crippen LogP contribution < -0.4 is 11.1 Å². The third-order valence-corrected chi connectivity index (χ3v) is 3.00. The Morgan fingerprint density at radius 2 is 2.06 bits per heavy atom. The maximum atomic E-state index is 12.2. The first-order valence-electron chi connectivity index (χ1n) is 6.62. The van der Waals surface area contributed by atoms with Gasteiger partial charge in [-0.25, -0.2) is 0 Å². The Hall–Kier alpha value is -1.10. The molecule has 0 radical (unpaired) electrons. The highest BCUT2D eigenvalue weighted by Crippen LogP contribution is 2.24. The van der Waals surface area contributed by atoms with Gasteiger partial charge in [-0.2, -0.15) is 0 Å². The van der Waals surface area contributed by atoms with Gasteiger partial charge >= 0.3 is 0 Å². The zero-order valence-corrected chi connectivity index (χ0v) is 11.7. The van der Waals surface area contributed by atoms with Crippen LogP contribution >= 0.6 is 0 Å². The van der Waals surface area contributed by atoms with E-state index in [4.69, 9.17) is 5.73 Å². The minimum Gasteiger partial charge on any atom is -0.353 e. The van der Waals surface area contributed by atoms with Crippen molar-refractivity contribution in [3.05, 3.63) is 0 Å². The van der Waals surface area contributed by atoms with Crippen LogP contribution in [0, 0.1) is 5.41 Å². The summed E-state index contributed by atoms with van der Waals surface area (Å²) < 4.78 is 0. The van der Waals surface area contributed by atoms with Gasteiger partial charge in [0.15, 0.2) is 0 Å². The highest BCUT2D eigenvalue weighted by Gasteiger charge is 2.34. The van der Waals surface area contributed by atoms with Gasteiger partial charge in [-0.15, -0.1) is 0 Å². The second-order valence-corrected chi connectivity index (χ2v) is 6.06. The summed E-state index contributed by atoms with van der Waals surface area (Å²) in [5, 5.41) is 2.76. The Labute approximate surface area is 109 Å².